The van der Waals surface area contributed by atoms with Crippen molar-refractivity contribution in [2.24, 2.45) is 0 Å². The molecule has 0 bridgehead atoms. The summed E-state index contributed by atoms with van der Waals surface area (Å²) in [6.07, 6.45) is 1.62. The second-order valence-electron chi connectivity index (χ2n) is 4.01. The van der Waals surface area contributed by atoms with Crippen molar-refractivity contribution in [2.75, 3.05) is 11.1 Å². The molecule has 1 heterocycles. The maximum atomic E-state index is 12.1. The van der Waals surface area contributed by atoms with Crippen LogP contribution in [0, 0.1) is 18.3 Å². The normalized spacial score (nSPS) is 9.68. The van der Waals surface area contributed by atoms with Gasteiger partial charge in [-0.2, -0.15) is 5.26 Å². The Hall–Kier alpha value is -2.87. The predicted octanol–water partition coefficient (Wildman–Crippen LogP) is 2.10. The highest BCUT2D eigenvalue weighted by Gasteiger charge is 2.11. The van der Waals surface area contributed by atoms with E-state index in [1.807, 2.05) is 6.07 Å². The van der Waals surface area contributed by atoms with Gasteiger partial charge in [-0.1, -0.05) is 0 Å². The number of rotatable bonds is 2. The Morgan fingerprint density at radius 3 is 2.89 bits per heavy atom. The molecule has 19 heavy (non-hydrogen) atoms. The molecule has 0 spiro atoms. The first-order valence-electron chi connectivity index (χ1n) is 5.64. The van der Waals surface area contributed by atoms with E-state index in [9.17, 15) is 4.79 Å². The first kappa shape index (κ1) is 12.6. The molecule has 1 aromatic carbocycles. The summed E-state index contributed by atoms with van der Waals surface area (Å²) in [6.45, 7) is 1.75. The fraction of sp³-hybridized carbons (Fsp3) is 0.0714. The van der Waals surface area contributed by atoms with Gasteiger partial charge < -0.3 is 11.1 Å². The average molecular weight is 252 g/mol. The number of nitrogens with one attached hydrogen (secondary N) is 1. The molecule has 1 aromatic heterocycles. The highest BCUT2D eigenvalue weighted by molar-refractivity contribution is 6.05. The third kappa shape index (κ3) is 2.69. The molecular weight excluding hydrogens is 240 g/mol. The van der Waals surface area contributed by atoms with Crippen molar-refractivity contribution in [2.45, 2.75) is 6.92 Å². The molecule has 0 atom stereocenters. The smallest absolute Gasteiger partial charge is 0.257 e. The SMILES string of the molecule is Cc1ncccc1C(=O)Nc1ccc(N)cc1C#N. The largest absolute Gasteiger partial charge is 0.399 e. The number of anilines is 2. The Morgan fingerprint density at radius 1 is 1.42 bits per heavy atom. The lowest BCUT2D eigenvalue weighted by Crippen LogP contribution is -2.14. The minimum absolute atomic E-state index is 0.299. The third-order valence-electron chi connectivity index (χ3n) is 2.66. The molecule has 0 aliphatic carbocycles. The van der Waals surface area contributed by atoms with Crippen LogP contribution in [0.2, 0.25) is 0 Å². The van der Waals surface area contributed by atoms with Gasteiger partial charge in [-0.3, -0.25) is 9.78 Å². The Bertz CT molecular complexity index is 673. The van der Waals surface area contributed by atoms with Crippen molar-refractivity contribution in [3.8, 4) is 6.07 Å². The van der Waals surface area contributed by atoms with Crippen LogP contribution in [0.15, 0.2) is 36.5 Å². The molecule has 0 unspecified atom stereocenters. The van der Waals surface area contributed by atoms with E-state index in [4.69, 9.17) is 11.0 Å². The van der Waals surface area contributed by atoms with E-state index in [0.717, 1.165) is 0 Å². The molecule has 94 valence electrons. The zero-order valence-electron chi connectivity index (χ0n) is 10.3. The summed E-state index contributed by atoms with van der Waals surface area (Å²) in [5, 5.41) is 11.7. The van der Waals surface area contributed by atoms with Gasteiger partial charge in [-0.05, 0) is 37.3 Å². The van der Waals surface area contributed by atoms with Crippen LogP contribution in [-0.4, -0.2) is 10.9 Å². The van der Waals surface area contributed by atoms with Crippen LogP contribution < -0.4 is 11.1 Å². The molecule has 2 rings (SSSR count). The molecular formula is C14H12N4O. The van der Waals surface area contributed by atoms with Gasteiger partial charge in [0.2, 0.25) is 0 Å². The number of aromatic nitrogens is 1. The molecule has 0 aliphatic heterocycles. The number of pyridine rings is 1. The number of carbonyl (C=O) groups excluding carboxylic acids is 1. The molecule has 5 nitrogen and oxygen atoms in total. The summed E-state index contributed by atoms with van der Waals surface area (Å²) in [4.78, 5) is 16.1. The number of nitrogens with zero attached hydrogens (tertiary/aromatic N) is 2. The zero-order chi connectivity index (χ0) is 13.8. The lowest BCUT2D eigenvalue weighted by molar-refractivity contribution is 0.102. The Kier molecular flexibility index (Phi) is 3.44. The molecule has 2 aromatic rings. The Labute approximate surface area is 110 Å². The van der Waals surface area contributed by atoms with Crippen LogP contribution >= 0.6 is 0 Å². The van der Waals surface area contributed by atoms with E-state index in [2.05, 4.69) is 10.3 Å². The van der Waals surface area contributed by atoms with Crippen molar-refractivity contribution in [3.05, 3.63) is 53.3 Å². The molecule has 1 amide bonds. The molecule has 0 fully saturated rings. The zero-order valence-corrected chi connectivity index (χ0v) is 10.3. The standard InChI is InChI=1S/C14H12N4O/c1-9-12(3-2-6-17-9)14(19)18-13-5-4-11(16)7-10(13)8-15/h2-7H,16H2,1H3,(H,18,19). The lowest BCUT2D eigenvalue weighted by Gasteiger charge is -2.08. The van der Waals surface area contributed by atoms with Crippen LogP contribution in [0.5, 0.6) is 0 Å². The van der Waals surface area contributed by atoms with Gasteiger partial charge in [0, 0.05) is 17.6 Å². The van der Waals surface area contributed by atoms with Crippen molar-refractivity contribution in [1.82, 2.24) is 4.98 Å². The molecule has 5 heteroatoms. The fourth-order valence-corrected chi connectivity index (χ4v) is 1.68. The van der Waals surface area contributed by atoms with Gasteiger partial charge in [0.15, 0.2) is 0 Å². The van der Waals surface area contributed by atoms with Crippen LogP contribution in [-0.2, 0) is 0 Å². The third-order valence-corrected chi connectivity index (χ3v) is 2.66. The molecule has 0 aliphatic rings. The highest BCUT2D eigenvalue weighted by atomic mass is 16.1. The van der Waals surface area contributed by atoms with Crippen LogP contribution in [0.3, 0.4) is 0 Å². The van der Waals surface area contributed by atoms with Crippen LogP contribution in [0.25, 0.3) is 0 Å². The van der Waals surface area contributed by atoms with Crippen molar-refractivity contribution in [1.29, 1.82) is 5.26 Å². The van der Waals surface area contributed by atoms with Crippen LogP contribution in [0.1, 0.15) is 21.6 Å². The molecule has 0 radical (unpaired) electrons. The number of aryl methyl sites for hydroxylation is 1. The topological polar surface area (TPSA) is 91.8 Å². The minimum atomic E-state index is -0.299. The monoisotopic (exact) mass is 252 g/mol. The predicted molar refractivity (Wildman–Crippen MR) is 72.5 cm³/mol. The van der Waals surface area contributed by atoms with Gasteiger partial charge in [0.05, 0.1) is 16.8 Å². The van der Waals surface area contributed by atoms with E-state index in [0.29, 0.717) is 28.2 Å². The quantitative estimate of drug-likeness (QED) is 0.800. The van der Waals surface area contributed by atoms with Crippen molar-refractivity contribution in [3.63, 3.8) is 0 Å². The molecule has 0 saturated heterocycles. The number of amides is 1. The lowest BCUT2D eigenvalue weighted by atomic mass is 10.1. The van der Waals surface area contributed by atoms with Gasteiger partial charge in [0.25, 0.3) is 5.91 Å². The maximum Gasteiger partial charge on any atom is 0.257 e. The number of nitrogens with two attached hydrogens (primary N) is 1. The van der Waals surface area contributed by atoms with Gasteiger partial charge in [0.1, 0.15) is 6.07 Å². The summed E-state index contributed by atoms with van der Waals surface area (Å²) in [7, 11) is 0. The number of benzene rings is 1. The van der Waals surface area contributed by atoms with E-state index >= 15 is 0 Å². The summed E-state index contributed by atoms with van der Waals surface area (Å²) in [5.41, 5.74) is 7.95. The number of hydrogen-bond acceptors (Lipinski definition) is 4. The highest BCUT2D eigenvalue weighted by Crippen LogP contribution is 2.19. The molecule has 0 saturated carbocycles. The first-order chi connectivity index (χ1) is 9.11. The maximum absolute atomic E-state index is 12.1. The molecule has 3 N–H and O–H groups in total. The minimum Gasteiger partial charge on any atom is -0.399 e. The summed E-state index contributed by atoms with van der Waals surface area (Å²) in [6, 6.07) is 10.1. The van der Waals surface area contributed by atoms with E-state index < -0.39 is 0 Å². The van der Waals surface area contributed by atoms with Crippen LogP contribution in [0.4, 0.5) is 11.4 Å². The summed E-state index contributed by atoms with van der Waals surface area (Å²) >= 11 is 0. The van der Waals surface area contributed by atoms with Gasteiger partial charge in [-0.15, -0.1) is 0 Å². The van der Waals surface area contributed by atoms with Gasteiger partial charge in [-0.25, -0.2) is 0 Å². The summed E-state index contributed by atoms with van der Waals surface area (Å²) in [5.74, 6) is -0.299. The first-order valence-corrected chi connectivity index (χ1v) is 5.64. The second-order valence-corrected chi connectivity index (χ2v) is 4.01. The Morgan fingerprint density at radius 2 is 2.21 bits per heavy atom. The van der Waals surface area contributed by atoms with Crippen molar-refractivity contribution >= 4 is 17.3 Å². The number of nitrogen functional groups attached to an aromatic ring is 1. The number of carbonyl (C=O) groups is 1. The number of nitriles is 1. The van der Waals surface area contributed by atoms with E-state index in [1.165, 1.54) is 6.07 Å². The van der Waals surface area contributed by atoms with E-state index in [1.54, 1.807) is 37.4 Å². The second kappa shape index (κ2) is 5.19. The fourth-order valence-electron chi connectivity index (χ4n) is 1.68. The van der Waals surface area contributed by atoms with Crippen molar-refractivity contribution < 1.29 is 4.79 Å². The average Bonchev–Trinajstić information content (AvgIpc) is 2.41. The van der Waals surface area contributed by atoms with Gasteiger partial charge >= 0.3 is 0 Å². The Balaban J connectivity index is 2.30. The summed E-state index contributed by atoms with van der Waals surface area (Å²) < 4.78 is 0. The van der Waals surface area contributed by atoms with E-state index in [-0.39, 0.29) is 5.91 Å². The number of hydrogen-bond donors (Lipinski definition) is 2.